The second-order valence-electron chi connectivity index (χ2n) is 4.78. The summed E-state index contributed by atoms with van der Waals surface area (Å²) in [5, 5.41) is 0. The van der Waals surface area contributed by atoms with E-state index in [1.165, 1.54) is 0 Å². The quantitative estimate of drug-likeness (QED) is 0.544. The van der Waals surface area contributed by atoms with E-state index in [4.69, 9.17) is 0 Å². The van der Waals surface area contributed by atoms with E-state index in [0.29, 0.717) is 12.1 Å². The zero-order chi connectivity index (χ0) is 19.2. The number of alkyl halides is 6. The van der Waals surface area contributed by atoms with E-state index in [9.17, 15) is 43.5 Å². The summed E-state index contributed by atoms with van der Waals surface area (Å²) in [6.07, 6.45) is -10.4. The summed E-state index contributed by atoms with van der Waals surface area (Å²) in [7, 11) is -4.87. The van der Waals surface area contributed by atoms with Crippen LogP contribution < -0.4 is 0 Å². The maximum atomic E-state index is 13.2. The third-order valence-corrected chi connectivity index (χ3v) is 4.86. The van der Waals surface area contributed by atoms with Crippen LogP contribution in [0.3, 0.4) is 0 Å². The lowest BCUT2D eigenvalue weighted by atomic mass is 10.2. The molecule has 2 aromatic rings. The van der Waals surface area contributed by atoms with Crippen molar-refractivity contribution in [3.05, 3.63) is 59.2 Å². The Kier molecular flexibility index (Phi) is 4.58. The highest BCUT2D eigenvalue weighted by Crippen LogP contribution is 2.36. The first-order valence-electron chi connectivity index (χ1n) is 6.23. The Balaban J connectivity index is 2.65. The maximum absolute atomic E-state index is 13.2. The molecule has 0 unspecified atom stereocenters. The van der Waals surface area contributed by atoms with E-state index in [-0.39, 0.29) is 24.3 Å². The molecule has 0 amide bonds. The molecule has 25 heavy (non-hydrogen) atoms. The summed E-state index contributed by atoms with van der Waals surface area (Å²) in [6, 6.07) is 1.31. The fourth-order valence-corrected chi connectivity index (χ4v) is 3.23. The molecule has 2 aromatic carbocycles. The van der Waals surface area contributed by atoms with Gasteiger partial charge in [-0.05, 0) is 36.4 Å². The van der Waals surface area contributed by atoms with Gasteiger partial charge in [-0.15, -0.1) is 0 Å². The topological polar surface area (TPSA) is 34.1 Å². The first kappa shape index (κ1) is 19.2. The van der Waals surface area contributed by atoms with Gasteiger partial charge in [0.2, 0.25) is 9.84 Å². The molecule has 0 bridgehead atoms. The third-order valence-electron chi connectivity index (χ3n) is 3.11. The van der Waals surface area contributed by atoms with Crippen LogP contribution in [0.2, 0.25) is 0 Å². The van der Waals surface area contributed by atoms with Crippen molar-refractivity contribution >= 4 is 9.84 Å². The Labute approximate surface area is 135 Å². The lowest BCUT2D eigenvalue weighted by Crippen LogP contribution is -2.13. The third kappa shape index (κ3) is 3.75. The normalized spacial score (nSPS) is 13.1. The molecular weight excluding hydrogens is 384 g/mol. The van der Waals surface area contributed by atoms with Crippen molar-refractivity contribution in [2.45, 2.75) is 22.1 Å². The Morgan fingerprint density at radius 2 is 0.960 bits per heavy atom. The molecule has 136 valence electrons. The van der Waals surface area contributed by atoms with Crippen LogP contribution in [-0.4, -0.2) is 8.42 Å². The number of hydrogen-bond donors (Lipinski definition) is 0. The molecule has 2 nitrogen and oxygen atoms in total. The lowest BCUT2D eigenvalue weighted by molar-refractivity contribution is -0.141. The first-order chi connectivity index (χ1) is 11.2. The number of halogens is 8. The smallest absolute Gasteiger partial charge is 0.219 e. The summed E-state index contributed by atoms with van der Waals surface area (Å²) >= 11 is 0. The molecule has 0 aliphatic heterocycles. The highest BCUT2D eigenvalue weighted by atomic mass is 32.2. The Morgan fingerprint density at radius 3 is 1.24 bits per heavy atom. The van der Waals surface area contributed by atoms with Gasteiger partial charge in [-0.1, -0.05) is 0 Å². The zero-order valence-electron chi connectivity index (χ0n) is 11.7. The van der Waals surface area contributed by atoms with Crippen LogP contribution in [0.15, 0.2) is 46.2 Å². The number of benzene rings is 2. The summed E-state index contributed by atoms with van der Waals surface area (Å²) in [4.78, 5) is -2.16. The SMILES string of the molecule is O=S(=O)(c1ccc(F)c(C(F)(F)F)c1)c1ccc(F)c(C(F)(F)F)c1. The van der Waals surface area contributed by atoms with E-state index < -0.39 is 54.7 Å². The molecule has 0 fully saturated rings. The van der Waals surface area contributed by atoms with E-state index in [1.807, 2.05) is 0 Å². The molecule has 0 saturated heterocycles. The van der Waals surface area contributed by atoms with Gasteiger partial charge in [0.1, 0.15) is 11.6 Å². The van der Waals surface area contributed by atoms with Gasteiger partial charge in [-0.25, -0.2) is 17.2 Å². The van der Waals surface area contributed by atoms with Crippen molar-refractivity contribution in [2.75, 3.05) is 0 Å². The average molecular weight is 390 g/mol. The minimum atomic E-state index is -5.21. The highest BCUT2D eigenvalue weighted by Gasteiger charge is 2.37. The largest absolute Gasteiger partial charge is 0.419 e. The molecule has 0 aliphatic rings. The van der Waals surface area contributed by atoms with Gasteiger partial charge in [-0.2, -0.15) is 26.3 Å². The standard InChI is InChI=1S/C14H6F8O2S/c15-11-3-1-7(5-9(11)13(17,18)19)25(23,24)8-2-4-12(16)10(6-8)14(20,21)22/h1-6H. The molecule has 2 rings (SSSR count). The van der Waals surface area contributed by atoms with E-state index in [0.717, 1.165) is 0 Å². The van der Waals surface area contributed by atoms with Gasteiger partial charge < -0.3 is 0 Å². The van der Waals surface area contributed by atoms with Crippen LogP contribution in [0.25, 0.3) is 0 Å². The number of hydrogen-bond acceptors (Lipinski definition) is 2. The van der Waals surface area contributed by atoms with Crippen LogP contribution in [0.1, 0.15) is 11.1 Å². The van der Waals surface area contributed by atoms with Crippen molar-refractivity contribution in [2.24, 2.45) is 0 Å². The van der Waals surface area contributed by atoms with Crippen LogP contribution in [0.5, 0.6) is 0 Å². The monoisotopic (exact) mass is 390 g/mol. The fraction of sp³-hybridized carbons (Fsp3) is 0.143. The van der Waals surface area contributed by atoms with Crippen LogP contribution in [0, 0.1) is 11.6 Å². The Bertz CT molecular complexity index is 844. The predicted molar refractivity (Wildman–Crippen MR) is 68.3 cm³/mol. The average Bonchev–Trinajstić information content (AvgIpc) is 2.45. The van der Waals surface area contributed by atoms with Gasteiger partial charge in [0.05, 0.1) is 20.9 Å². The molecule has 0 heterocycles. The summed E-state index contributed by atoms with van der Waals surface area (Å²) in [5.74, 6) is -3.50. The maximum Gasteiger partial charge on any atom is 0.419 e. The van der Waals surface area contributed by atoms with Crippen molar-refractivity contribution in [1.82, 2.24) is 0 Å². The molecule has 0 aliphatic carbocycles. The Hall–Kier alpha value is -2.17. The van der Waals surface area contributed by atoms with Gasteiger partial charge >= 0.3 is 12.4 Å². The first-order valence-corrected chi connectivity index (χ1v) is 7.71. The molecule has 0 N–H and O–H groups in total. The predicted octanol–water partition coefficient (Wildman–Crippen LogP) is 4.84. The molecule has 0 spiro atoms. The van der Waals surface area contributed by atoms with Crippen molar-refractivity contribution in [1.29, 1.82) is 0 Å². The zero-order valence-corrected chi connectivity index (χ0v) is 12.5. The summed E-state index contributed by atoms with van der Waals surface area (Å²) in [6.45, 7) is 0. The molecule has 0 atom stereocenters. The summed E-state index contributed by atoms with van der Waals surface area (Å²) in [5.41, 5.74) is -3.79. The molecule has 0 saturated carbocycles. The fourth-order valence-electron chi connectivity index (χ4n) is 1.91. The highest BCUT2D eigenvalue weighted by molar-refractivity contribution is 7.91. The van der Waals surface area contributed by atoms with Gasteiger partial charge in [0.25, 0.3) is 0 Å². The second kappa shape index (κ2) is 5.97. The van der Waals surface area contributed by atoms with Crippen LogP contribution in [0.4, 0.5) is 35.1 Å². The van der Waals surface area contributed by atoms with Crippen molar-refractivity contribution in [3.8, 4) is 0 Å². The summed E-state index contributed by atoms with van der Waals surface area (Å²) < 4.78 is 127. The van der Waals surface area contributed by atoms with Crippen molar-refractivity contribution < 1.29 is 43.5 Å². The minimum absolute atomic E-state index is 0.0404. The number of rotatable bonds is 2. The number of sulfone groups is 1. The van der Waals surface area contributed by atoms with E-state index in [1.54, 1.807) is 0 Å². The molecule has 0 radical (unpaired) electrons. The van der Waals surface area contributed by atoms with Crippen molar-refractivity contribution in [3.63, 3.8) is 0 Å². The van der Waals surface area contributed by atoms with Crippen LogP contribution >= 0.6 is 0 Å². The molecular formula is C14H6F8O2S. The van der Waals surface area contributed by atoms with Gasteiger partial charge in [0.15, 0.2) is 0 Å². The van der Waals surface area contributed by atoms with Gasteiger partial charge in [-0.3, -0.25) is 0 Å². The van der Waals surface area contributed by atoms with E-state index in [2.05, 4.69) is 0 Å². The lowest BCUT2D eigenvalue weighted by Gasteiger charge is -2.12. The van der Waals surface area contributed by atoms with Crippen LogP contribution in [-0.2, 0) is 22.2 Å². The molecule has 0 aromatic heterocycles. The minimum Gasteiger partial charge on any atom is -0.219 e. The Morgan fingerprint density at radius 1 is 0.640 bits per heavy atom. The second-order valence-corrected chi connectivity index (χ2v) is 6.73. The van der Waals surface area contributed by atoms with E-state index >= 15 is 0 Å². The molecule has 11 heteroatoms. The van der Waals surface area contributed by atoms with Gasteiger partial charge in [0, 0.05) is 0 Å².